The molecule has 3 N–H and O–H groups in total. The predicted octanol–water partition coefficient (Wildman–Crippen LogP) is -1.07. The fourth-order valence-electron chi connectivity index (χ4n) is 2.74. The van der Waals surface area contributed by atoms with E-state index in [-0.39, 0.29) is 24.4 Å². The van der Waals surface area contributed by atoms with Crippen molar-refractivity contribution in [2.24, 2.45) is 5.14 Å². The number of nitrogens with two attached hydrogens (primary N) is 1. The van der Waals surface area contributed by atoms with Gasteiger partial charge in [0.2, 0.25) is 5.91 Å². The second kappa shape index (κ2) is 2.93. The minimum Gasteiger partial charge on any atom is -0.352 e. The van der Waals surface area contributed by atoms with E-state index in [1.807, 2.05) is 13.8 Å². The van der Waals surface area contributed by atoms with Crippen LogP contribution in [0.1, 0.15) is 26.7 Å². The quantitative estimate of drug-likeness (QED) is 0.604. The van der Waals surface area contributed by atoms with Gasteiger partial charge in [0.1, 0.15) is 0 Å². The topological polar surface area (TPSA) is 92.5 Å². The molecule has 2 heterocycles. The number of carbonyl (C=O) groups is 1. The van der Waals surface area contributed by atoms with E-state index in [0.717, 1.165) is 0 Å². The summed E-state index contributed by atoms with van der Waals surface area (Å²) in [7, 11) is -3.75. The Balaban J connectivity index is 2.38. The molecule has 2 rings (SSSR count). The maximum Gasteiger partial charge on any atom is 0.277 e. The molecule has 2 atom stereocenters. The Labute approximate surface area is 89.0 Å². The van der Waals surface area contributed by atoms with Gasteiger partial charge in [0.15, 0.2) is 0 Å². The standard InChI is InChI=1S/C8H15N3O3S/c1-8(2)4-5-6(3-7(12)10-5)11(8)15(9,13)14/h5-6H,3-4H2,1-2H3,(H,10,12)(H2,9,13,14). The van der Waals surface area contributed by atoms with Crippen LogP contribution in [-0.4, -0.2) is 36.3 Å². The van der Waals surface area contributed by atoms with Crippen molar-refractivity contribution in [1.82, 2.24) is 9.62 Å². The number of nitrogens with one attached hydrogen (secondary N) is 1. The molecule has 1 amide bonds. The largest absolute Gasteiger partial charge is 0.352 e. The van der Waals surface area contributed by atoms with E-state index in [0.29, 0.717) is 6.42 Å². The predicted molar refractivity (Wildman–Crippen MR) is 54.0 cm³/mol. The number of hydrogen-bond acceptors (Lipinski definition) is 3. The molecule has 86 valence electrons. The van der Waals surface area contributed by atoms with Crippen LogP contribution in [-0.2, 0) is 15.0 Å². The smallest absolute Gasteiger partial charge is 0.277 e. The van der Waals surface area contributed by atoms with Crippen molar-refractivity contribution in [3.63, 3.8) is 0 Å². The Hall–Kier alpha value is -0.660. The zero-order valence-electron chi connectivity index (χ0n) is 8.73. The fourth-order valence-corrected chi connectivity index (χ4v) is 4.10. The highest BCUT2D eigenvalue weighted by atomic mass is 32.2. The molecule has 7 heteroatoms. The zero-order valence-corrected chi connectivity index (χ0v) is 9.54. The molecule has 0 aromatic heterocycles. The van der Waals surface area contributed by atoms with Crippen molar-refractivity contribution in [2.75, 3.05) is 0 Å². The van der Waals surface area contributed by atoms with Crippen LogP contribution in [0.4, 0.5) is 0 Å². The molecule has 0 bridgehead atoms. The number of fused-ring (bicyclic) bond motifs is 1. The lowest BCUT2D eigenvalue weighted by Gasteiger charge is -2.31. The third kappa shape index (κ3) is 1.64. The van der Waals surface area contributed by atoms with E-state index < -0.39 is 15.7 Å². The minimum absolute atomic E-state index is 0.0918. The van der Waals surface area contributed by atoms with Crippen LogP contribution < -0.4 is 10.5 Å². The molecule has 2 aliphatic heterocycles. The van der Waals surface area contributed by atoms with Crippen molar-refractivity contribution in [1.29, 1.82) is 0 Å². The molecule has 2 aliphatic rings. The lowest BCUT2D eigenvalue weighted by molar-refractivity contribution is -0.119. The van der Waals surface area contributed by atoms with Gasteiger partial charge in [-0.15, -0.1) is 0 Å². The molecule has 0 aliphatic carbocycles. The Morgan fingerprint density at radius 3 is 2.67 bits per heavy atom. The summed E-state index contributed by atoms with van der Waals surface area (Å²) in [5.41, 5.74) is -0.517. The molecule has 2 saturated heterocycles. The van der Waals surface area contributed by atoms with Crippen LogP contribution in [0.3, 0.4) is 0 Å². The van der Waals surface area contributed by atoms with Crippen LogP contribution >= 0.6 is 0 Å². The molecule has 2 unspecified atom stereocenters. The third-order valence-electron chi connectivity index (χ3n) is 3.10. The Morgan fingerprint density at radius 2 is 2.13 bits per heavy atom. The van der Waals surface area contributed by atoms with Crippen LogP contribution in [0.15, 0.2) is 0 Å². The van der Waals surface area contributed by atoms with Gasteiger partial charge in [0.05, 0.1) is 6.04 Å². The summed E-state index contributed by atoms with van der Waals surface area (Å²) in [6.45, 7) is 3.64. The van der Waals surface area contributed by atoms with E-state index in [1.165, 1.54) is 4.31 Å². The molecule has 6 nitrogen and oxygen atoms in total. The summed E-state index contributed by atoms with van der Waals surface area (Å²) in [4.78, 5) is 11.2. The maximum absolute atomic E-state index is 11.5. The van der Waals surface area contributed by atoms with Crippen LogP contribution in [0.2, 0.25) is 0 Å². The molecule has 15 heavy (non-hydrogen) atoms. The van der Waals surface area contributed by atoms with Gasteiger partial charge in [0, 0.05) is 18.0 Å². The average Bonchev–Trinajstić information content (AvgIpc) is 2.34. The normalized spacial score (nSPS) is 35.3. The summed E-state index contributed by atoms with van der Waals surface area (Å²) < 4.78 is 24.2. The highest BCUT2D eigenvalue weighted by Crippen LogP contribution is 2.38. The molecule has 0 aromatic rings. The van der Waals surface area contributed by atoms with Gasteiger partial charge in [-0.25, -0.2) is 5.14 Å². The summed E-state index contributed by atoms with van der Waals surface area (Å²) in [5.74, 6) is -0.103. The van der Waals surface area contributed by atoms with E-state index in [1.54, 1.807) is 0 Å². The maximum atomic E-state index is 11.5. The van der Waals surface area contributed by atoms with Crippen LogP contribution in [0.5, 0.6) is 0 Å². The number of carbonyl (C=O) groups excluding carboxylic acids is 1. The van der Waals surface area contributed by atoms with E-state index >= 15 is 0 Å². The lowest BCUT2D eigenvalue weighted by Crippen LogP contribution is -2.50. The number of hydrogen-bond donors (Lipinski definition) is 2. The van der Waals surface area contributed by atoms with Crippen molar-refractivity contribution in [2.45, 2.75) is 44.3 Å². The highest BCUT2D eigenvalue weighted by molar-refractivity contribution is 7.86. The van der Waals surface area contributed by atoms with Gasteiger partial charge in [-0.3, -0.25) is 4.79 Å². The molecular formula is C8H15N3O3S. The van der Waals surface area contributed by atoms with E-state index in [2.05, 4.69) is 5.32 Å². The van der Waals surface area contributed by atoms with Crippen LogP contribution in [0, 0.1) is 0 Å². The fraction of sp³-hybridized carbons (Fsp3) is 0.875. The van der Waals surface area contributed by atoms with Gasteiger partial charge < -0.3 is 5.32 Å². The monoisotopic (exact) mass is 233 g/mol. The van der Waals surface area contributed by atoms with Crippen LogP contribution in [0.25, 0.3) is 0 Å². The van der Waals surface area contributed by atoms with Gasteiger partial charge in [0.25, 0.3) is 10.2 Å². The van der Waals surface area contributed by atoms with Gasteiger partial charge in [-0.05, 0) is 20.3 Å². The van der Waals surface area contributed by atoms with Gasteiger partial charge in [-0.1, -0.05) is 0 Å². The second-order valence-corrected chi connectivity index (χ2v) is 6.23. The van der Waals surface area contributed by atoms with Crippen molar-refractivity contribution < 1.29 is 13.2 Å². The van der Waals surface area contributed by atoms with Crippen molar-refractivity contribution in [3.8, 4) is 0 Å². The van der Waals surface area contributed by atoms with Crippen molar-refractivity contribution >= 4 is 16.1 Å². The molecule has 0 saturated carbocycles. The summed E-state index contributed by atoms with van der Waals surface area (Å²) in [6.07, 6.45) is 0.824. The molecule has 0 spiro atoms. The number of amides is 1. The van der Waals surface area contributed by atoms with Gasteiger partial charge >= 0.3 is 0 Å². The average molecular weight is 233 g/mol. The number of rotatable bonds is 1. The Kier molecular flexibility index (Phi) is 2.12. The summed E-state index contributed by atoms with van der Waals surface area (Å²) in [5, 5.41) is 7.95. The van der Waals surface area contributed by atoms with Gasteiger partial charge in [-0.2, -0.15) is 12.7 Å². The highest BCUT2D eigenvalue weighted by Gasteiger charge is 2.54. The first-order valence-electron chi connectivity index (χ1n) is 4.83. The minimum atomic E-state index is -3.75. The SMILES string of the molecule is CC1(C)CC2NC(=O)CC2N1S(N)(=O)=O. The molecule has 0 radical (unpaired) electrons. The van der Waals surface area contributed by atoms with E-state index in [9.17, 15) is 13.2 Å². The van der Waals surface area contributed by atoms with Crippen molar-refractivity contribution in [3.05, 3.63) is 0 Å². The molecule has 0 aromatic carbocycles. The first-order chi connectivity index (χ1) is 6.72. The second-order valence-electron chi connectivity index (χ2n) is 4.80. The van der Waals surface area contributed by atoms with E-state index in [4.69, 9.17) is 5.14 Å². The first kappa shape index (κ1) is 10.8. The Morgan fingerprint density at radius 1 is 1.53 bits per heavy atom. The third-order valence-corrected chi connectivity index (χ3v) is 4.41. The summed E-state index contributed by atoms with van der Waals surface area (Å²) >= 11 is 0. The Bertz CT molecular complexity index is 403. The molecule has 2 fully saturated rings. The number of nitrogens with zero attached hydrogens (tertiary/aromatic N) is 1. The first-order valence-corrected chi connectivity index (χ1v) is 6.34. The molecular weight excluding hydrogens is 218 g/mol. The summed E-state index contributed by atoms with van der Waals surface area (Å²) in [6, 6.07) is -0.409. The lowest BCUT2D eigenvalue weighted by atomic mass is 10.0. The zero-order chi connectivity index (χ0) is 11.4.